The van der Waals surface area contributed by atoms with E-state index < -0.39 is 23.9 Å². The van der Waals surface area contributed by atoms with Gasteiger partial charge in [0.15, 0.2) is 0 Å². The van der Waals surface area contributed by atoms with E-state index in [9.17, 15) is 14.0 Å². The summed E-state index contributed by atoms with van der Waals surface area (Å²) in [4.78, 5) is 26.9. The van der Waals surface area contributed by atoms with Crippen molar-refractivity contribution in [1.29, 1.82) is 0 Å². The van der Waals surface area contributed by atoms with Crippen LogP contribution in [0, 0.1) is 26.6 Å². The number of benzene rings is 2. The van der Waals surface area contributed by atoms with Crippen molar-refractivity contribution in [1.82, 2.24) is 10.2 Å². The van der Waals surface area contributed by atoms with Gasteiger partial charge in [-0.15, -0.1) is 0 Å². The molecule has 0 aliphatic carbocycles. The fourth-order valence-corrected chi connectivity index (χ4v) is 3.61. The fourth-order valence-electron chi connectivity index (χ4n) is 3.61. The molecule has 7 heteroatoms. The van der Waals surface area contributed by atoms with Crippen LogP contribution in [0.1, 0.15) is 35.2 Å². The third-order valence-corrected chi connectivity index (χ3v) is 5.38. The summed E-state index contributed by atoms with van der Waals surface area (Å²) in [6.45, 7) is 7.78. The molecular weight excluding hydrogens is 399 g/mol. The molecule has 31 heavy (non-hydrogen) atoms. The van der Waals surface area contributed by atoms with Gasteiger partial charge < -0.3 is 14.8 Å². The minimum absolute atomic E-state index is 0.0202. The zero-order chi connectivity index (χ0) is 22.7. The van der Waals surface area contributed by atoms with Crippen LogP contribution in [0.2, 0.25) is 0 Å². The van der Waals surface area contributed by atoms with Crippen LogP contribution in [0.3, 0.4) is 0 Å². The van der Waals surface area contributed by atoms with Gasteiger partial charge in [0.05, 0.1) is 23.9 Å². The molecule has 2 aromatic carbocycles. The summed E-state index contributed by atoms with van der Waals surface area (Å²) in [5.74, 6) is -0.369. The number of hydrogen-bond donors (Lipinski definition) is 1. The first kappa shape index (κ1) is 22.3. The Hall–Kier alpha value is -3.35. The lowest BCUT2D eigenvalue weighted by Gasteiger charge is -2.34. The van der Waals surface area contributed by atoms with E-state index in [-0.39, 0.29) is 18.8 Å². The number of hydrogen-bond acceptors (Lipinski definition) is 4. The molecule has 6 nitrogen and oxygen atoms in total. The van der Waals surface area contributed by atoms with E-state index in [4.69, 9.17) is 9.47 Å². The number of amides is 2. The predicted octanol–water partition coefficient (Wildman–Crippen LogP) is 4.34. The normalized spacial score (nSPS) is 16.3. The lowest BCUT2D eigenvalue weighted by Crippen LogP contribution is -2.48. The number of nitrogens with zero attached hydrogens (tertiary/aromatic N) is 1. The van der Waals surface area contributed by atoms with Gasteiger partial charge in [0, 0.05) is 7.05 Å². The monoisotopic (exact) mass is 426 g/mol. The zero-order valence-electron chi connectivity index (χ0n) is 18.4. The molecule has 164 valence electrons. The minimum atomic E-state index is -0.850. The molecule has 1 heterocycles. The number of halogens is 1. The second-order valence-electron chi connectivity index (χ2n) is 7.57. The van der Waals surface area contributed by atoms with E-state index in [1.165, 1.54) is 23.1 Å². The summed E-state index contributed by atoms with van der Waals surface area (Å²) in [5, 5.41) is 2.76. The van der Waals surface area contributed by atoms with Gasteiger partial charge >= 0.3 is 12.0 Å². The fraction of sp³-hybridized carbons (Fsp3) is 0.333. The van der Waals surface area contributed by atoms with Crippen LogP contribution in [0.4, 0.5) is 9.18 Å². The van der Waals surface area contributed by atoms with Crippen molar-refractivity contribution in [2.45, 2.75) is 33.7 Å². The maximum atomic E-state index is 13.9. The number of urea groups is 1. The Labute approximate surface area is 181 Å². The quantitative estimate of drug-likeness (QED) is 0.698. The highest BCUT2D eigenvalue weighted by Crippen LogP contribution is 2.32. The lowest BCUT2D eigenvalue weighted by molar-refractivity contribution is -0.139. The van der Waals surface area contributed by atoms with E-state index in [1.807, 2.05) is 26.8 Å². The maximum Gasteiger partial charge on any atom is 0.338 e. The minimum Gasteiger partial charge on any atom is -0.487 e. The Bertz CT molecular complexity index is 1050. The molecule has 1 atom stereocenters. The van der Waals surface area contributed by atoms with Crippen LogP contribution in [-0.4, -0.2) is 37.2 Å². The van der Waals surface area contributed by atoms with Gasteiger partial charge in [-0.2, -0.15) is 0 Å². The van der Waals surface area contributed by atoms with Crippen LogP contribution in [0.25, 0.3) is 0 Å². The molecule has 0 fully saturated rings. The standard InChI is InChI=1S/C24H27FN2O4/c1-6-30-23(28)21-19(13-31-20-11-14(2)10-15(3)16(20)4)27(5)24(29)26-22(21)17-8-7-9-18(25)12-17/h7-12,22H,6,13H2,1-5H3,(H,26,29). The molecule has 0 spiro atoms. The number of likely N-dealkylation sites (N-methyl/N-ethyl adjacent to an activating group) is 1. The van der Waals surface area contributed by atoms with Crippen LogP contribution in [0.15, 0.2) is 47.7 Å². The van der Waals surface area contributed by atoms with Crippen molar-refractivity contribution in [2.75, 3.05) is 20.3 Å². The van der Waals surface area contributed by atoms with Gasteiger partial charge in [-0.1, -0.05) is 18.2 Å². The van der Waals surface area contributed by atoms with E-state index >= 15 is 0 Å². The van der Waals surface area contributed by atoms with Crippen molar-refractivity contribution in [3.63, 3.8) is 0 Å². The number of ether oxygens (including phenoxy) is 2. The smallest absolute Gasteiger partial charge is 0.338 e. The van der Waals surface area contributed by atoms with Crippen LogP contribution in [0.5, 0.6) is 5.75 Å². The first-order valence-corrected chi connectivity index (χ1v) is 10.1. The second kappa shape index (κ2) is 9.20. The topological polar surface area (TPSA) is 67.9 Å². The van der Waals surface area contributed by atoms with E-state index in [0.717, 1.165) is 16.7 Å². The summed E-state index contributed by atoms with van der Waals surface area (Å²) in [6, 6.07) is 8.50. The van der Waals surface area contributed by atoms with E-state index in [2.05, 4.69) is 11.4 Å². The molecule has 1 N–H and O–H groups in total. The largest absolute Gasteiger partial charge is 0.487 e. The number of rotatable bonds is 6. The summed E-state index contributed by atoms with van der Waals surface area (Å²) < 4.78 is 25.2. The molecule has 0 aromatic heterocycles. The van der Waals surface area contributed by atoms with Gasteiger partial charge in [0.1, 0.15) is 18.2 Å². The molecule has 3 rings (SSSR count). The van der Waals surface area contributed by atoms with Crippen molar-refractivity contribution in [3.8, 4) is 5.75 Å². The molecule has 2 amide bonds. The van der Waals surface area contributed by atoms with Crippen molar-refractivity contribution in [3.05, 3.63) is 75.7 Å². The lowest BCUT2D eigenvalue weighted by atomic mass is 9.94. The number of carbonyl (C=O) groups excluding carboxylic acids is 2. The third-order valence-electron chi connectivity index (χ3n) is 5.38. The molecular formula is C24H27FN2O4. The molecule has 1 aliphatic rings. The number of esters is 1. The van der Waals surface area contributed by atoms with Crippen LogP contribution >= 0.6 is 0 Å². The van der Waals surface area contributed by atoms with Gasteiger partial charge in [-0.25, -0.2) is 14.0 Å². The zero-order valence-corrected chi connectivity index (χ0v) is 18.4. The Morgan fingerprint density at radius 2 is 1.94 bits per heavy atom. The molecule has 2 aromatic rings. The van der Waals surface area contributed by atoms with Gasteiger partial charge in [0.25, 0.3) is 0 Å². The van der Waals surface area contributed by atoms with E-state index in [1.54, 1.807) is 20.0 Å². The number of carbonyl (C=O) groups is 2. The molecule has 0 bridgehead atoms. The van der Waals surface area contributed by atoms with Crippen LogP contribution < -0.4 is 10.1 Å². The summed E-state index contributed by atoms with van der Waals surface area (Å²) in [7, 11) is 1.56. The molecule has 0 saturated heterocycles. The highest BCUT2D eigenvalue weighted by atomic mass is 19.1. The summed E-state index contributed by atoms with van der Waals surface area (Å²) >= 11 is 0. The SMILES string of the molecule is CCOC(=O)C1=C(COc2cc(C)cc(C)c2C)N(C)C(=O)NC1c1cccc(F)c1. The summed E-state index contributed by atoms with van der Waals surface area (Å²) in [5.41, 5.74) is 4.15. The Kier molecular flexibility index (Phi) is 6.63. The Balaban J connectivity index is 2.07. The average molecular weight is 426 g/mol. The van der Waals surface area contributed by atoms with Gasteiger partial charge in [-0.05, 0) is 68.1 Å². The van der Waals surface area contributed by atoms with Gasteiger partial charge in [-0.3, -0.25) is 4.90 Å². The first-order valence-electron chi connectivity index (χ1n) is 10.1. The molecule has 0 saturated carbocycles. The van der Waals surface area contributed by atoms with Gasteiger partial charge in [0.2, 0.25) is 0 Å². The molecule has 0 radical (unpaired) electrons. The Morgan fingerprint density at radius 3 is 2.61 bits per heavy atom. The van der Waals surface area contributed by atoms with E-state index in [0.29, 0.717) is 17.0 Å². The highest BCUT2D eigenvalue weighted by molar-refractivity contribution is 5.95. The predicted molar refractivity (Wildman–Crippen MR) is 115 cm³/mol. The number of aryl methyl sites for hydroxylation is 2. The molecule has 1 aliphatic heterocycles. The van der Waals surface area contributed by atoms with Crippen LogP contribution in [-0.2, 0) is 9.53 Å². The van der Waals surface area contributed by atoms with Crippen molar-refractivity contribution >= 4 is 12.0 Å². The average Bonchev–Trinajstić information content (AvgIpc) is 2.72. The first-order chi connectivity index (χ1) is 14.7. The summed E-state index contributed by atoms with van der Waals surface area (Å²) in [6.07, 6.45) is 0. The maximum absolute atomic E-state index is 13.9. The van der Waals surface area contributed by atoms with Crippen molar-refractivity contribution < 1.29 is 23.5 Å². The second-order valence-corrected chi connectivity index (χ2v) is 7.57. The third kappa shape index (κ3) is 4.71. The Morgan fingerprint density at radius 1 is 1.19 bits per heavy atom. The van der Waals surface area contributed by atoms with Crippen molar-refractivity contribution in [2.24, 2.45) is 0 Å². The number of nitrogens with one attached hydrogen (secondary N) is 1. The highest BCUT2D eigenvalue weighted by Gasteiger charge is 2.37. The molecule has 1 unspecified atom stereocenters.